The van der Waals surface area contributed by atoms with Gasteiger partial charge in [0.2, 0.25) is 5.91 Å². The van der Waals surface area contributed by atoms with E-state index in [-0.39, 0.29) is 25.6 Å². The highest BCUT2D eigenvalue weighted by Gasteiger charge is 2.86. The topological polar surface area (TPSA) is 72.3 Å². The highest BCUT2D eigenvalue weighted by atomic mass is 19.4. The summed E-state index contributed by atoms with van der Waals surface area (Å²) >= 11 is 0. The molecule has 0 bridgehead atoms. The second-order valence-corrected chi connectivity index (χ2v) is 9.62. The minimum atomic E-state index is -4.52. The number of fused-ring (bicyclic) bond motifs is 2. The first-order valence-electron chi connectivity index (χ1n) is 11.4. The molecule has 1 N–H and O–H groups in total. The number of nitrogens with zero attached hydrogens (tertiary/aromatic N) is 4. The van der Waals surface area contributed by atoms with Crippen molar-refractivity contribution in [1.82, 2.24) is 15.2 Å². The average Bonchev–Trinajstić information content (AvgIpc) is 3.37. The van der Waals surface area contributed by atoms with E-state index in [0.717, 1.165) is 0 Å². The van der Waals surface area contributed by atoms with Gasteiger partial charge in [0.05, 0.1) is 16.5 Å². The second-order valence-electron chi connectivity index (χ2n) is 9.62. The number of amides is 1. The van der Waals surface area contributed by atoms with Crippen LogP contribution in [0.1, 0.15) is 24.8 Å². The molecular weight excluding hydrogens is 450 g/mol. The highest BCUT2D eigenvalue weighted by molar-refractivity contribution is 5.97. The molecule has 1 saturated carbocycles. The van der Waals surface area contributed by atoms with E-state index in [2.05, 4.69) is 16.4 Å². The Bertz CT molecular complexity index is 1160. The van der Waals surface area contributed by atoms with Crippen LogP contribution in [-0.4, -0.2) is 67.4 Å². The van der Waals surface area contributed by atoms with Crippen LogP contribution >= 0.6 is 0 Å². The fourth-order valence-electron chi connectivity index (χ4n) is 5.86. The number of piperidine rings is 2. The van der Waals surface area contributed by atoms with Gasteiger partial charge in [-0.15, -0.1) is 0 Å². The van der Waals surface area contributed by atoms with E-state index < -0.39 is 29.6 Å². The van der Waals surface area contributed by atoms with Crippen LogP contribution < -0.4 is 10.2 Å². The number of hydrogen-bond acceptors (Lipinski definition) is 5. The van der Waals surface area contributed by atoms with Gasteiger partial charge < -0.3 is 15.1 Å². The summed E-state index contributed by atoms with van der Waals surface area (Å²) < 4.78 is 55.5. The van der Waals surface area contributed by atoms with E-state index in [9.17, 15) is 27.6 Å². The molecule has 1 aliphatic carbocycles. The fraction of sp³-hybridized carbons (Fsp3) is 0.542. The highest BCUT2D eigenvalue weighted by Crippen LogP contribution is 2.75. The monoisotopic (exact) mass is 475 g/mol. The van der Waals surface area contributed by atoms with E-state index in [1.165, 1.54) is 0 Å². The number of halogens is 4. The number of benzene rings is 1. The number of anilines is 1. The maximum atomic E-state index is 14.3. The van der Waals surface area contributed by atoms with Gasteiger partial charge in [0.1, 0.15) is 18.2 Å². The summed E-state index contributed by atoms with van der Waals surface area (Å²) in [5, 5.41) is 12.9. The molecule has 6 nitrogen and oxygen atoms in total. The van der Waals surface area contributed by atoms with Crippen molar-refractivity contribution in [1.29, 1.82) is 5.26 Å². The predicted molar refractivity (Wildman–Crippen MR) is 118 cm³/mol. The zero-order valence-electron chi connectivity index (χ0n) is 18.5. The second kappa shape index (κ2) is 8.08. The third kappa shape index (κ3) is 3.40. The number of carbonyl (C=O) groups excluding carboxylic acids is 1. The molecule has 34 heavy (non-hydrogen) atoms. The minimum absolute atomic E-state index is 0.0467. The summed E-state index contributed by atoms with van der Waals surface area (Å²) in [6, 6.07) is 8.48. The van der Waals surface area contributed by atoms with Crippen molar-refractivity contribution in [3.8, 4) is 6.07 Å². The molecule has 1 aromatic carbocycles. The Hall–Kier alpha value is -2.93. The molecule has 3 fully saturated rings. The summed E-state index contributed by atoms with van der Waals surface area (Å²) in [4.78, 5) is 21.1. The van der Waals surface area contributed by atoms with Crippen molar-refractivity contribution in [2.45, 2.75) is 31.5 Å². The lowest BCUT2D eigenvalue weighted by atomic mass is 9.93. The zero-order valence-corrected chi connectivity index (χ0v) is 18.5. The number of pyridine rings is 1. The molecule has 5 rings (SSSR count). The summed E-state index contributed by atoms with van der Waals surface area (Å²) in [6.07, 6.45) is -2.02. The molecule has 3 heterocycles. The summed E-state index contributed by atoms with van der Waals surface area (Å²) in [6.45, 7) is 0.767. The average molecular weight is 475 g/mol. The molecule has 10 heteroatoms. The summed E-state index contributed by atoms with van der Waals surface area (Å²) in [7, 11) is 0. The number of carbonyl (C=O) groups is 1. The van der Waals surface area contributed by atoms with Crippen LogP contribution in [0.3, 0.4) is 0 Å². The molecule has 2 aromatic rings. The molecule has 1 aromatic heterocycles. The first-order valence-corrected chi connectivity index (χ1v) is 11.4. The van der Waals surface area contributed by atoms with Crippen molar-refractivity contribution in [2.24, 2.45) is 10.8 Å². The number of likely N-dealkylation sites (tertiary alicyclic amines) is 1. The van der Waals surface area contributed by atoms with Gasteiger partial charge in [0, 0.05) is 56.0 Å². The van der Waals surface area contributed by atoms with Crippen LogP contribution in [0.4, 0.5) is 23.2 Å². The Kier molecular flexibility index (Phi) is 5.43. The number of aromatic nitrogens is 1. The first-order chi connectivity index (χ1) is 16.2. The molecule has 2 aliphatic heterocycles. The minimum Gasteiger partial charge on any atom is -0.369 e. The molecule has 0 spiro atoms. The maximum Gasteiger partial charge on any atom is 0.397 e. The van der Waals surface area contributed by atoms with Crippen LogP contribution in [0.25, 0.3) is 10.9 Å². The number of rotatable bonds is 5. The molecule has 0 radical (unpaired) electrons. The van der Waals surface area contributed by atoms with Crippen molar-refractivity contribution >= 4 is 22.5 Å². The predicted octanol–water partition coefficient (Wildman–Crippen LogP) is 3.42. The molecule has 1 amide bonds. The van der Waals surface area contributed by atoms with E-state index in [0.29, 0.717) is 54.6 Å². The van der Waals surface area contributed by atoms with E-state index in [1.807, 2.05) is 4.90 Å². The smallest absolute Gasteiger partial charge is 0.369 e. The van der Waals surface area contributed by atoms with Gasteiger partial charge in [-0.05, 0) is 43.5 Å². The maximum absolute atomic E-state index is 14.3. The lowest BCUT2D eigenvalue weighted by Crippen LogP contribution is -2.49. The van der Waals surface area contributed by atoms with Gasteiger partial charge in [-0.3, -0.25) is 9.78 Å². The van der Waals surface area contributed by atoms with Crippen LogP contribution in [0, 0.1) is 22.2 Å². The Morgan fingerprint density at radius 2 is 2.00 bits per heavy atom. The van der Waals surface area contributed by atoms with Gasteiger partial charge in [0.25, 0.3) is 0 Å². The lowest BCUT2D eigenvalue weighted by molar-refractivity contribution is -0.191. The Labute approximate surface area is 194 Å². The fourth-order valence-corrected chi connectivity index (χ4v) is 5.86. The molecule has 2 atom stereocenters. The molecule has 3 aliphatic rings. The molecular formula is C24H25F4N5O. The number of nitrogens with one attached hydrogen (secondary N) is 1. The van der Waals surface area contributed by atoms with Gasteiger partial charge in [0.15, 0.2) is 0 Å². The van der Waals surface area contributed by atoms with Crippen LogP contribution in [-0.2, 0) is 4.79 Å². The number of nitriles is 1. The van der Waals surface area contributed by atoms with Crippen LogP contribution in [0.5, 0.6) is 0 Å². The van der Waals surface area contributed by atoms with Gasteiger partial charge >= 0.3 is 6.18 Å². The number of hydrogen-bond donors (Lipinski definition) is 1. The van der Waals surface area contributed by atoms with E-state index in [4.69, 9.17) is 0 Å². The van der Waals surface area contributed by atoms with E-state index >= 15 is 0 Å². The lowest BCUT2D eigenvalue weighted by Gasteiger charge is -2.32. The molecule has 2 saturated heterocycles. The largest absolute Gasteiger partial charge is 0.397 e. The Morgan fingerprint density at radius 3 is 2.68 bits per heavy atom. The van der Waals surface area contributed by atoms with Crippen molar-refractivity contribution in [3.63, 3.8) is 0 Å². The normalized spacial score (nSPS) is 27.4. The van der Waals surface area contributed by atoms with Gasteiger partial charge in [-0.2, -0.15) is 18.4 Å². The van der Waals surface area contributed by atoms with Crippen molar-refractivity contribution in [3.05, 3.63) is 36.0 Å². The van der Waals surface area contributed by atoms with Crippen molar-refractivity contribution in [2.75, 3.05) is 44.3 Å². The first kappa shape index (κ1) is 22.8. The summed E-state index contributed by atoms with van der Waals surface area (Å²) in [5.41, 5.74) is -2.31. The third-order valence-corrected chi connectivity index (χ3v) is 7.82. The zero-order chi connectivity index (χ0) is 24.1. The van der Waals surface area contributed by atoms with Crippen LogP contribution in [0.15, 0.2) is 30.5 Å². The van der Waals surface area contributed by atoms with Gasteiger partial charge in [-0.25, -0.2) is 4.39 Å². The standard InChI is InChI=1S/C24H25F4N5O/c25-7-11-32-9-5-17(6-10-32)31-21(34)22-13-23(22,24(26,27)28)15-33(14-22)19-4-3-16(12-29)20-18(19)2-1-8-30-20/h1-4,8,17H,5-7,9-11,13-15H2,(H,31,34)/t22-,23-/m1/s1. The SMILES string of the molecule is N#Cc1ccc(N2C[C@@]3(C(=O)NC4CCN(CCF)CC4)C[C@@]3(C(F)(F)F)C2)c2cccnc12. The summed E-state index contributed by atoms with van der Waals surface area (Å²) in [5.74, 6) is -0.549. The third-order valence-electron chi connectivity index (χ3n) is 7.82. The quantitative estimate of drug-likeness (QED) is 0.671. The van der Waals surface area contributed by atoms with E-state index in [1.54, 1.807) is 35.4 Å². The van der Waals surface area contributed by atoms with Gasteiger partial charge in [-0.1, -0.05) is 0 Å². The number of alkyl halides is 4. The van der Waals surface area contributed by atoms with Crippen molar-refractivity contribution < 1.29 is 22.4 Å². The molecule has 180 valence electrons. The Morgan fingerprint density at radius 1 is 1.24 bits per heavy atom. The van der Waals surface area contributed by atoms with Crippen LogP contribution in [0.2, 0.25) is 0 Å². The Balaban J connectivity index is 1.41. The molecule has 0 unspecified atom stereocenters.